The molecule has 2 heterocycles. The molecular formula is C22H14N4O2. The molecule has 0 amide bonds. The first-order valence-corrected chi connectivity index (χ1v) is 8.50. The summed E-state index contributed by atoms with van der Waals surface area (Å²) in [6, 6.07) is 21.7. The first-order valence-electron chi connectivity index (χ1n) is 8.50. The summed E-state index contributed by atoms with van der Waals surface area (Å²) < 4.78 is 1.34. The zero-order valence-corrected chi connectivity index (χ0v) is 14.6. The number of pyridine rings is 1. The van der Waals surface area contributed by atoms with Crippen molar-refractivity contribution in [3.8, 4) is 34.1 Å². The second-order valence-electron chi connectivity index (χ2n) is 6.12. The zero-order chi connectivity index (χ0) is 19.5. The van der Waals surface area contributed by atoms with Gasteiger partial charge in [0.05, 0.1) is 23.4 Å². The fourth-order valence-electron chi connectivity index (χ4n) is 2.92. The Morgan fingerprint density at radius 3 is 2.29 bits per heavy atom. The number of nitriles is 1. The number of nitrogens with zero attached hydrogens (tertiary/aromatic N) is 4. The Kier molecular flexibility index (Phi) is 4.40. The Morgan fingerprint density at radius 2 is 1.64 bits per heavy atom. The Balaban J connectivity index is 1.68. The van der Waals surface area contributed by atoms with E-state index in [1.54, 1.807) is 12.3 Å². The number of hydrogen-bond acceptors (Lipinski definition) is 4. The number of carboxylic acids is 1. The van der Waals surface area contributed by atoms with E-state index in [9.17, 15) is 10.1 Å². The van der Waals surface area contributed by atoms with Crippen LogP contribution in [0.25, 0.3) is 28.1 Å². The molecule has 2 aromatic heterocycles. The quantitative estimate of drug-likeness (QED) is 0.585. The average Bonchev–Trinajstić information content (AvgIpc) is 3.25. The van der Waals surface area contributed by atoms with Crippen molar-refractivity contribution in [1.29, 1.82) is 5.26 Å². The fourth-order valence-corrected chi connectivity index (χ4v) is 2.92. The van der Waals surface area contributed by atoms with Gasteiger partial charge in [0.25, 0.3) is 0 Å². The van der Waals surface area contributed by atoms with Gasteiger partial charge < -0.3 is 5.11 Å². The Bertz CT molecular complexity index is 1190. The third kappa shape index (κ3) is 3.24. The standard InChI is InChI=1S/C22H14N4O2/c23-11-18-10-21(26-14-19(12-25-26)22(27)28)24-13-20(18)17-8-6-16(7-9-17)15-4-2-1-3-5-15/h1-10,12-14H,(H,27,28). The minimum absolute atomic E-state index is 0.0564. The molecule has 1 N–H and O–H groups in total. The van der Waals surface area contributed by atoms with Gasteiger partial charge in [-0.1, -0.05) is 54.6 Å². The normalized spacial score (nSPS) is 10.4. The van der Waals surface area contributed by atoms with Crippen molar-refractivity contribution in [2.45, 2.75) is 0 Å². The molecular weight excluding hydrogens is 352 g/mol. The summed E-state index contributed by atoms with van der Waals surface area (Å²) in [4.78, 5) is 15.4. The van der Waals surface area contributed by atoms with Crippen LogP contribution >= 0.6 is 0 Å². The first kappa shape index (κ1) is 17.2. The molecule has 0 aliphatic heterocycles. The third-order valence-electron chi connectivity index (χ3n) is 4.38. The number of carboxylic acid groups (broad SMARTS) is 1. The van der Waals surface area contributed by atoms with E-state index in [1.807, 2.05) is 54.6 Å². The van der Waals surface area contributed by atoms with Crippen molar-refractivity contribution in [3.63, 3.8) is 0 Å². The van der Waals surface area contributed by atoms with E-state index in [0.717, 1.165) is 16.7 Å². The van der Waals surface area contributed by atoms with Crippen LogP contribution in [0.5, 0.6) is 0 Å². The van der Waals surface area contributed by atoms with Gasteiger partial charge in [0.15, 0.2) is 5.82 Å². The number of aromatic carboxylic acids is 1. The summed E-state index contributed by atoms with van der Waals surface area (Å²) in [5.41, 5.74) is 4.28. The second kappa shape index (κ2) is 7.17. The number of hydrogen-bond donors (Lipinski definition) is 1. The van der Waals surface area contributed by atoms with Crippen molar-refractivity contribution in [2.75, 3.05) is 0 Å². The molecule has 0 saturated heterocycles. The maximum atomic E-state index is 11.0. The summed E-state index contributed by atoms with van der Waals surface area (Å²) in [6.07, 6.45) is 4.21. The van der Waals surface area contributed by atoms with Crippen LogP contribution in [0.2, 0.25) is 0 Å². The van der Waals surface area contributed by atoms with Crippen molar-refractivity contribution < 1.29 is 9.90 Å². The van der Waals surface area contributed by atoms with Crippen LogP contribution in [0.15, 0.2) is 79.3 Å². The summed E-state index contributed by atoms with van der Waals surface area (Å²) in [5, 5.41) is 22.6. The van der Waals surface area contributed by atoms with Gasteiger partial charge in [-0.05, 0) is 16.7 Å². The molecule has 4 aromatic rings. The molecule has 0 radical (unpaired) electrons. The highest BCUT2D eigenvalue weighted by atomic mass is 16.4. The minimum atomic E-state index is -1.07. The van der Waals surface area contributed by atoms with Crippen molar-refractivity contribution in [1.82, 2.24) is 14.8 Å². The fraction of sp³-hybridized carbons (Fsp3) is 0. The molecule has 0 unspecified atom stereocenters. The summed E-state index contributed by atoms with van der Waals surface area (Å²) in [6.45, 7) is 0. The molecule has 0 aliphatic rings. The van der Waals surface area contributed by atoms with Crippen LogP contribution in [-0.2, 0) is 0 Å². The summed E-state index contributed by atoms with van der Waals surface area (Å²) in [7, 11) is 0. The van der Waals surface area contributed by atoms with Gasteiger partial charge in [0, 0.05) is 24.0 Å². The van der Waals surface area contributed by atoms with Gasteiger partial charge >= 0.3 is 5.97 Å². The average molecular weight is 366 g/mol. The van der Waals surface area contributed by atoms with Crippen LogP contribution in [0, 0.1) is 11.3 Å². The number of benzene rings is 2. The molecule has 134 valence electrons. The number of carbonyl (C=O) groups is 1. The van der Waals surface area contributed by atoms with Crippen LogP contribution in [0.1, 0.15) is 15.9 Å². The van der Waals surface area contributed by atoms with Crippen molar-refractivity contribution >= 4 is 5.97 Å². The van der Waals surface area contributed by atoms with Gasteiger partial charge in [-0.3, -0.25) is 0 Å². The Labute approximate surface area is 161 Å². The van der Waals surface area contributed by atoms with Crippen molar-refractivity contribution in [2.24, 2.45) is 0 Å². The summed E-state index contributed by atoms with van der Waals surface area (Å²) >= 11 is 0. The molecule has 0 atom stereocenters. The lowest BCUT2D eigenvalue weighted by atomic mass is 9.99. The Hall–Kier alpha value is -4.24. The van der Waals surface area contributed by atoms with E-state index in [2.05, 4.69) is 16.2 Å². The molecule has 28 heavy (non-hydrogen) atoms. The van der Waals surface area contributed by atoms with E-state index >= 15 is 0 Å². The topological polar surface area (TPSA) is 91.8 Å². The SMILES string of the molecule is N#Cc1cc(-n2cc(C(=O)O)cn2)ncc1-c1ccc(-c2ccccc2)cc1. The van der Waals surface area contributed by atoms with E-state index in [-0.39, 0.29) is 5.56 Å². The molecule has 0 saturated carbocycles. The molecule has 2 aromatic carbocycles. The maximum absolute atomic E-state index is 11.0. The van der Waals surface area contributed by atoms with Crippen LogP contribution in [0.4, 0.5) is 0 Å². The minimum Gasteiger partial charge on any atom is -0.478 e. The Morgan fingerprint density at radius 1 is 0.964 bits per heavy atom. The van der Waals surface area contributed by atoms with Crippen molar-refractivity contribution in [3.05, 3.63) is 90.4 Å². The smallest absolute Gasteiger partial charge is 0.338 e. The predicted octanol–water partition coefficient (Wildman–Crippen LogP) is 4.17. The zero-order valence-electron chi connectivity index (χ0n) is 14.6. The van der Waals surface area contributed by atoms with Crippen LogP contribution in [-0.4, -0.2) is 25.8 Å². The monoisotopic (exact) mass is 366 g/mol. The lowest BCUT2D eigenvalue weighted by Crippen LogP contribution is -2.00. The molecule has 0 fully saturated rings. The third-order valence-corrected chi connectivity index (χ3v) is 4.38. The molecule has 6 nitrogen and oxygen atoms in total. The van der Waals surface area contributed by atoms with Gasteiger partial charge in [-0.25, -0.2) is 14.5 Å². The largest absolute Gasteiger partial charge is 0.478 e. The number of rotatable bonds is 4. The molecule has 0 aliphatic carbocycles. The molecule has 4 rings (SSSR count). The van der Waals surface area contributed by atoms with Gasteiger partial charge in [0.1, 0.15) is 0 Å². The van der Waals surface area contributed by atoms with E-state index < -0.39 is 5.97 Å². The molecule has 0 spiro atoms. The number of aromatic nitrogens is 3. The van der Waals surface area contributed by atoms with E-state index in [1.165, 1.54) is 17.1 Å². The second-order valence-corrected chi connectivity index (χ2v) is 6.12. The van der Waals surface area contributed by atoms with Gasteiger partial charge in [-0.2, -0.15) is 10.4 Å². The van der Waals surface area contributed by atoms with E-state index in [0.29, 0.717) is 16.9 Å². The van der Waals surface area contributed by atoms with Crippen LogP contribution in [0.3, 0.4) is 0 Å². The maximum Gasteiger partial charge on any atom is 0.338 e. The lowest BCUT2D eigenvalue weighted by Gasteiger charge is -2.08. The molecule has 6 heteroatoms. The highest BCUT2D eigenvalue weighted by molar-refractivity contribution is 5.87. The highest BCUT2D eigenvalue weighted by Crippen LogP contribution is 2.27. The molecule has 0 bridgehead atoms. The highest BCUT2D eigenvalue weighted by Gasteiger charge is 2.12. The summed E-state index contributed by atoms with van der Waals surface area (Å²) in [5.74, 6) is -0.685. The van der Waals surface area contributed by atoms with E-state index in [4.69, 9.17) is 5.11 Å². The predicted molar refractivity (Wildman–Crippen MR) is 104 cm³/mol. The van der Waals surface area contributed by atoms with Gasteiger partial charge in [0.2, 0.25) is 0 Å². The van der Waals surface area contributed by atoms with Crippen LogP contribution < -0.4 is 0 Å². The lowest BCUT2D eigenvalue weighted by molar-refractivity contribution is 0.0697. The first-order chi connectivity index (χ1) is 13.7. The van der Waals surface area contributed by atoms with Gasteiger partial charge in [-0.15, -0.1) is 0 Å².